The molecule has 0 radical (unpaired) electrons. The largest absolute Gasteiger partial charge is 0.490 e. The van der Waals surface area contributed by atoms with Crippen LogP contribution in [0.4, 0.5) is 18.9 Å². The van der Waals surface area contributed by atoms with E-state index in [9.17, 15) is 18.0 Å². The topological polar surface area (TPSA) is 116 Å². The van der Waals surface area contributed by atoms with Crippen molar-refractivity contribution in [2.75, 3.05) is 18.4 Å². The maximum absolute atomic E-state index is 12.1. The lowest BCUT2D eigenvalue weighted by Crippen LogP contribution is -2.24. The Morgan fingerprint density at radius 2 is 1.92 bits per heavy atom. The second-order valence-corrected chi connectivity index (χ2v) is 8.36. The molecular weight excluding hydrogens is 515 g/mol. The predicted octanol–water partition coefficient (Wildman–Crippen LogP) is 5.34. The molecular formula is C25H21ClF3N3O5. The number of aliphatic carboxylic acids is 1. The van der Waals surface area contributed by atoms with Crippen LogP contribution in [0.25, 0.3) is 0 Å². The van der Waals surface area contributed by atoms with Crippen molar-refractivity contribution in [3.63, 3.8) is 0 Å². The van der Waals surface area contributed by atoms with Crippen molar-refractivity contribution in [3.05, 3.63) is 82.8 Å². The minimum Gasteiger partial charge on any atom is -0.487 e. The molecule has 37 heavy (non-hydrogen) atoms. The van der Waals surface area contributed by atoms with Gasteiger partial charge in [0, 0.05) is 25.3 Å². The van der Waals surface area contributed by atoms with Crippen molar-refractivity contribution in [1.29, 1.82) is 5.26 Å². The van der Waals surface area contributed by atoms with E-state index in [0.29, 0.717) is 22.0 Å². The van der Waals surface area contributed by atoms with Crippen molar-refractivity contribution in [1.82, 2.24) is 4.90 Å². The zero-order valence-electron chi connectivity index (χ0n) is 19.2. The number of carbonyl (C=O) groups excluding carboxylic acids is 1. The van der Waals surface area contributed by atoms with Gasteiger partial charge in [0.2, 0.25) is 0 Å². The van der Waals surface area contributed by atoms with Gasteiger partial charge in [-0.3, -0.25) is 9.69 Å². The van der Waals surface area contributed by atoms with Crippen LogP contribution in [0, 0.1) is 11.3 Å². The van der Waals surface area contributed by atoms with Gasteiger partial charge in [0.25, 0.3) is 5.91 Å². The number of nitrogens with one attached hydrogen (secondary N) is 1. The SMILES string of the molecule is N#Cc1ccc(CN2CCC(Oc3ccc(NC(=O)c4ccco4)cc3Cl)C2)cc1.O=C(O)C(F)(F)F. The third-order valence-electron chi connectivity index (χ3n) is 5.19. The second kappa shape index (κ2) is 12.3. The van der Waals surface area contributed by atoms with Crippen LogP contribution in [0.5, 0.6) is 5.75 Å². The number of carboxylic acid groups (broad SMARTS) is 1. The fraction of sp³-hybridized carbons (Fsp3) is 0.240. The first-order valence-electron chi connectivity index (χ1n) is 10.9. The monoisotopic (exact) mass is 535 g/mol. The first-order valence-corrected chi connectivity index (χ1v) is 11.3. The van der Waals surface area contributed by atoms with Crippen molar-refractivity contribution in [2.45, 2.75) is 25.2 Å². The average molecular weight is 536 g/mol. The Morgan fingerprint density at radius 1 is 1.22 bits per heavy atom. The molecule has 12 heteroatoms. The maximum Gasteiger partial charge on any atom is 0.490 e. The Hall–Kier alpha value is -4.01. The Labute approximate surface area is 214 Å². The summed E-state index contributed by atoms with van der Waals surface area (Å²) < 4.78 is 42.9. The number of anilines is 1. The van der Waals surface area contributed by atoms with E-state index in [-0.39, 0.29) is 17.8 Å². The molecule has 2 heterocycles. The molecule has 2 aromatic carbocycles. The van der Waals surface area contributed by atoms with E-state index < -0.39 is 12.1 Å². The predicted molar refractivity (Wildman–Crippen MR) is 127 cm³/mol. The fourth-order valence-electron chi connectivity index (χ4n) is 3.43. The van der Waals surface area contributed by atoms with Crippen LogP contribution in [0.3, 0.4) is 0 Å². The van der Waals surface area contributed by atoms with Gasteiger partial charge in [-0.05, 0) is 54.4 Å². The van der Waals surface area contributed by atoms with E-state index in [4.69, 9.17) is 35.9 Å². The molecule has 0 spiro atoms. The highest BCUT2D eigenvalue weighted by atomic mass is 35.5. The zero-order chi connectivity index (χ0) is 27.0. The summed E-state index contributed by atoms with van der Waals surface area (Å²) in [6.07, 6.45) is -2.68. The Kier molecular flexibility index (Phi) is 9.16. The lowest BCUT2D eigenvalue weighted by Gasteiger charge is -2.18. The minimum absolute atomic E-state index is 0.0458. The highest BCUT2D eigenvalue weighted by molar-refractivity contribution is 6.32. The summed E-state index contributed by atoms with van der Waals surface area (Å²) in [5.41, 5.74) is 2.41. The molecule has 1 saturated heterocycles. The van der Waals surface area contributed by atoms with Gasteiger partial charge in [0.05, 0.1) is 22.9 Å². The van der Waals surface area contributed by atoms with Gasteiger partial charge in [-0.1, -0.05) is 23.7 Å². The smallest absolute Gasteiger partial charge is 0.487 e. The van der Waals surface area contributed by atoms with Crippen LogP contribution in [-0.2, 0) is 11.3 Å². The summed E-state index contributed by atoms with van der Waals surface area (Å²) in [5, 5.41) is 19.2. The number of rotatable bonds is 6. The summed E-state index contributed by atoms with van der Waals surface area (Å²) in [6, 6.07) is 18.2. The van der Waals surface area contributed by atoms with Crippen LogP contribution in [-0.4, -0.2) is 47.3 Å². The molecule has 0 bridgehead atoms. The molecule has 2 N–H and O–H groups in total. The van der Waals surface area contributed by atoms with Gasteiger partial charge in [-0.25, -0.2) is 4.79 Å². The van der Waals surface area contributed by atoms with E-state index in [1.54, 1.807) is 30.3 Å². The number of furan rings is 1. The fourth-order valence-corrected chi connectivity index (χ4v) is 3.66. The third kappa shape index (κ3) is 8.27. The molecule has 4 rings (SSSR count). The molecule has 0 aliphatic carbocycles. The van der Waals surface area contributed by atoms with E-state index in [2.05, 4.69) is 16.3 Å². The van der Waals surface area contributed by atoms with Gasteiger partial charge in [0.1, 0.15) is 11.9 Å². The number of ether oxygens (including phenoxy) is 1. The molecule has 0 saturated carbocycles. The molecule has 194 valence electrons. The second-order valence-electron chi connectivity index (χ2n) is 7.95. The number of nitrogens with zero attached hydrogens (tertiary/aromatic N) is 2. The molecule has 1 atom stereocenters. The summed E-state index contributed by atoms with van der Waals surface area (Å²) in [4.78, 5) is 23.3. The normalized spacial score (nSPS) is 15.3. The van der Waals surface area contributed by atoms with Crippen LogP contribution < -0.4 is 10.1 Å². The average Bonchev–Trinajstić information content (AvgIpc) is 3.54. The van der Waals surface area contributed by atoms with E-state index >= 15 is 0 Å². The number of benzene rings is 2. The van der Waals surface area contributed by atoms with Crippen molar-refractivity contribution in [3.8, 4) is 11.8 Å². The highest BCUT2D eigenvalue weighted by Gasteiger charge is 2.38. The molecule has 1 amide bonds. The molecule has 8 nitrogen and oxygen atoms in total. The first-order chi connectivity index (χ1) is 17.5. The molecule has 1 unspecified atom stereocenters. The van der Waals surface area contributed by atoms with E-state index in [1.807, 2.05) is 24.3 Å². The number of alkyl halides is 3. The summed E-state index contributed by atoms with van der Waals surface area (Å²) >= 11 is 6.37. The van der Waals surface area contributed by atoms with Gasteiger partial charge < -0.3 is 19.6 Å². The lowest BCUT2D eigenvalue weighted by atomic mass is 10.1. The number of hydrogen-bond acceptors (Lipinski definition) is 6. The number of nitriles is 1. The number of carboxylic acids is 1. The van der Waals surface area contributed by atoms with E-state index in [0.717, 1.165) is 26.1 Å². The molecule has 1 aliphatic rings. The van der Waals surface area contributed by atoms with Crippen LogP contribution >= 0.6 is 11.6 Å². The number of carbonyl (C=O) groups is 2. The number of likely N-dealkylation sites (tertiary alicyclic amines) is 1. The maximum atomic E-state index is 12.1. The standard InChI is InChI=1S/C23H20ClN3O3.C2HF3O2/c24-20-12-18(26-23(28)22-2-1-11-29-22)7-8-21(20)30-19-9-10-27(15-19)14-17-5-3-16(13-25)4-6-17;3-2(4,5)1(6)7/h1-8,11-12,19H,9-10,14-15H2,(H,26,28);(H,6,7). The zero-order valence-corrected chi connectivity index (χ0v) is 19.9. The summed E-state index contributed by atoms with van der Waals surface area (Å²) in [6.45, 7) is 2.55. The first kappa shape index (κ1) is 27.6. The van der Waals surface area contributed by atoms with Crippen molar-refractivity contribution < 1.29 is 37.0 Å². The number of hydrogen-bond donors (Lipinski definition) is 2. The molecule has 1 aliphatic heterocycles. The quantitative estimate of drug-likeness (QED) is 0.437. The van der Waals surface area contributed by atoms with Gasteiger partial charge in [-0.2, -0.15) is 18.4 Å². The molecule has 3 aromatic rings. The van der Waals surface area contributed by atoms with Crippen LogP contribution in [0.1, 0.15) is 28.1 Å². The Morgan fingerprint density at radius 3 is 2.49 bits per heavy atom. The van der Waals surface area contributed by atoms with Gasteiger partial charge in [-0.15, -0.1) is 0 Å². The number of amides is 1. The van der Waals surface area contributed by atoms with Crippen molar-refractivity contribution >= 4 is 29.2 Å². The summed E-state index contributed by atoms with van der Waals surface area (Å²) in [7, 11) is 0. The molecule has 1 fully saturated rings. The Bertz CT molecular complexity index is 1260. The lowest BCUT2D eigenvalue weighted by molar-refractivity contribution is -0.192. The molecule has 1 aromatic heterocycles. The van der Waals surface area contributed by atoms with Crippen molar-refractivity contribution in [2.24, 2.45) is 0 Å². The van der Waals surface area contributed by atoms with Gasteiger partial charge >= 0.3 is 12.1 Å². The Balaban J connectivity index is 0.000000479. The minimum atomic E-state index is -5.08. The summed E-state index contributed by atoms with van der Waals surface area (Å²) in [5.74, 6) is -2.26. The highest BCUT2D eigenvalue weighted by Crippen LogP contribution is 2.30. The van der Waals surface area contributed by atoms with Gasteiger partial charge in [0.15, 0.2) is 5.76 Å². The number of halogens is 4. The van der Waals surface area contributed by atoms with E-state index in [1.165, 1.54) is 11.8 Å². The van der Waals surface area contributed by atoms with Crippen LogP contribution in [0.2, 0.25) is 5.02 Å². The third-order valence-corrected chi connectivity index (χ3v) is 5.48. The van der Waals surface area contributed by atoms with Crippen LogP contribution in [0.15, 0.2) is 65.3 Å².